The van der Waals surface area contributed by atoms with Gasteiger partial charge in [-0.3, -0.25) is 14.4 Å². The number of allylic oxidation sites excluding steroid dienone is 2. The van der Waals surface area contributed by atoms with Crippen molar-refractivity contribution in [1.29, 1.82) is 0 Å². The van der Waals surface area contributed by atoms with Crippen LogP contribution < -0.4 is 5.73 Å². The van der Waals surface area contributed by atoms with Gasteiger partial charge in [-0.2, -0.15) is 0 Å². The van der Waals surface area contributed by atoms with E-state index < -0.39 is 64.7 Å². The van der Waals surface area contributed by atoms with Crippen molar-refractivity contribution in [2.75, 3.05) is 0 Å². The highest BCUT2D eigenvalue weighted by Crippen LogP contribution is 2.55. The predicted octanol–water partition coefficient (Wildman–Crippen LogP) is 0.845. The molecule has 1 fully saturated rings. The summed E-state index contributed by atoms with van der Waals surface area (Å²) in [4.78, 5) is 38.6. The lowest BCUT2D eigenvalue weighted by Crippen LogP contribution is -2.67. The van der Waals surface area contributed by atoms with Gasteiger partial charge < -0.3 is 31.3 Å². The third kappa shape index (κ3) is 2.74. The average molecular weight is 469 g/mol. The maximum atomic E-state index is 13.7. The van der Waals surface area contributed by atoms with E-state index >= 15 is 0 Å². The van der Waals surface area contributed by atoms with E-state index in [1.54, 1.807) is 19.1 Å². The molecule has 9 heteroatoms. The van der Waals surface area contributed by atoms with Crippen LogP contribution in [-0.4, -0.2) is 60.8 Å². The molecular formula is C25H27NO8. The van der Waals surface area contributed by atoms with Crippen LogP contribution in [0.4, 0.5) is 0 Å². The van der Waals surface area contributed by atoms with Gasteiger partial charge in [0.1, 0.15) is 17.4 Å². The highest BCUT2D eigenvalue weighted by molar-refractivity contribution is 6.16. The average Bonchev–Trinajstić information content (AvgIpc) is 3.31. The SMILES string of the molecule is C[C@H]1c2ccc(C3=CCCC3)c(O)c2C(=O)C2=C(O)[C@]3(O)C(=O)C(C(N)=O)C(O)C[C@@H]3[C@@H](O)[C@@H]21. The molecular weight excluding hydrogens is 442 g/mol. The number of nitrogens with two attached hydrogens (primary N) is 1. The summed E-state index contributed by atoms with van der Waals surface area (Å²) in [5, 5.41) is 55.2. The molecule has 180 valence electrons. The molecule has 9 nitrogen and oxygen atoms in total. The van der Waals surface area contributed by atoms with Crippen LogP contribution in [0.15, 0.2) is 29.5 Å². The number of carbonyl (C=O) groups excluding carboxylic acids is 3. The predicted molar refractivity (Wildman–Crippen MR) is 119 cm³/mol. The van der Waals surface area contributed by atoms with E-state index in [0.29, 0.717) is 11.1 Å². The van der Waals surface area contributed by atoms with Crippen molar-refractivity contribution in [3.05, 3.63) is 46.2 Å². The fourth-order valence-corrected chi connectivity index (χ4v) is 6.48. The minimum Gasteiger partial charge on any atom is -0.508 e. The molecule has 7 atom stereocenters. The zero-order valence-corrected chi connectivity index (χ0v) is 18.6. The van der Waals surface area contributed by atoms with Crippen molar-refractivity contribution in [2.45, 2.75) is 56.3 Å². The number of ketones is 2. The Hall–Kier alpha value is -3.01. The van der Waals surface area contributed by atoms with Crippen LogP contribution in [0, 0.1) is 17.8 Å². The molecule has 0 saturated heterocycles. The first-order valence-corrected chi connectivity index (χ1v) is 11.5. The second-order valence-electron chi connectivity index (χ2n) is 9.86. The number of benzene rings is 1. The third-order valence-corrected chi connectivity index (χ3v) is 8.21. The summed E-state index contributed by atoms with van der Waals surface area (Å²) in [5.41, 5.74) is 3.97. The number of phenolic OH excluding ortho intramolecular Hbond substituents is 1. The van der Waals surface area contributed by atoms with E-state index in [1.165, 1.54) is 0 Å². The molecule has 1 amide bonds. The minimum absolute atomic E-state index is 0.0420. The van der Waals surface area contributed by atoms with Gasteiger partial charge in [0.2, 0.25) is 5.91 Å². The number of aromatic hydroxyl groups is 1. The minimum atomic E-state index is -2.77. The number of Topliss-reactive ketones (excluding diaryl/α,β-unsaturated/α-hetero) is 2. The normalized spacial score (nSPS) is 37.1. The molecule has 0 bridgehead atoms. The number of primary amides is 1. The summed E-state index contributed by atoms with van der Waals surface area (Å²) >= 11 is 0. The van der Waals surface area contributed by atoms with Gasteiger partial charge >= 0.3 is 0 Å². The standard InChI is InChI=1S/C25H27NO8/c1-9-11-6-7-12(10-4-2-3-5-10)19(28)16(11)21(30)18-15(9)20(29)13-8-14(27)17(24(26)33)22(31)25(13,34)23(18)32/h4,6-7,9,13-15,17,20,27-29,32,34H,2-3,5,8H2,1H3,(H2,26,33)/t9-,13+,14?,15+,17?,20+,25+/m0/s1. The molecule has 7 N–H and O–H groups in total. The van der Waals surface area contributed by atoms with Crippen molar-refractivity contribution in [3.63, 3.8) is 0 Å². The molecule has 0 aromatic heterocycles. The van der Waals surface area contributed by atoms with Gasteiger partial charge in [-0.05, 0) is 42.7 Å². The summed E-state index contributed by atoms with van der Waals surface area (Å²) < 4.78 is 0. The van der Waals surface area contributed by atoms with E-state index in [2.05, 4.69) is 0 Å². The van der Waals surface area contributed by atoms with Gasteiger partial charge in [0.05, 0.1) is 17.8 Å². The Bertz CT molecular complexity index is 1200. The summed E-state index contributed by atoms with van der Waals surface area (Å²) in [6.45, 7) is 1.72. The smallest absolute Gasteiger partial charge is 0.230 e. The summed E-state index contributed by atoms with van der Waals surface area (Å²) in [5.74, 6) is -9.15. The van der Waals surface area contributed by atoms with Crippen LogP contribution in [0.25, 0.3) is 5.57 Å². The van der Waals surface area contributed by atoms with Gasteiger partial charge in [-0.15, -0.1) is 0 Å². The van der Waals surface area contributed by atoms with Crippen molar-refractivity contribution in [1.82, 2.24) is 0 Å². The highest BCUT2D eigenvalue weighted by Gasteiger charge is 2.66. The van der Waals surface area contributed by atoms with Crippen LogP contribution in [0.2, 0.25) is 0 Å². The second kappa shape index (κ2) is 7.49. The molecule has 1 saturated carbocycles. The first-order chi connectivity index (χ1) is 16.0. The Morgan fingerprint density at radius 2 is 1.88 bits per heavy atom. The van der Waals surface area contributed by atoms with E-state index in [9.17, 15) is 39.9 Å². The lowest BCUT2D eigenvalue weighted by atomic mass is 9.54. The molecule has 4 aliphatic rings. The van der Waals surface area contributed by atoms with E-state index in [1.807, 2.05) is 6.08 Å². The summed E-state index contributed by atoms with van der Waals surface area (Å²) in [6, 6.07) is 3.46. The molecule has 2 unspecified atom stereocenters. The fourth-order valence-electron chi connectivity index (χ4n) is 6.48. The zero-order valence-electron chi connectivity index (χ0n) is 18.6. The molecule has 1 aromatic carbocycles. The first-order valence-electron chi connectivity index (χ1n) is 11.5. The number of fused-ring (bicyclic) bond motifs is 3. The third-order valence-electron chi connectivity index (χ3n) is 8.21. The largest absolute Gasteiger partial charge is 0.508 e. The molecule has 34 heavy (non-hydrogen) atoms. The van der Waals surface area contributed by atoms with Crippen LogP contribution >= 0.6 is 0 Å². The lowest BCUT2D eigenvalue weighted by Gasteiger charge is -2.52. The van der Waals surface area contributed by atoms with Crippen LogP contribution in [0.5, 0.6) is 5.75 Å². The Kier molecular flexibility index (Phi) is 5.02. The zero-order chi connectivity index (χ0) is 24.7. The highest BCUT2D eigenvalue weighted by atomic mass is 16.4. The summed E-state index contributed by atoms with van der Waals surface area (Å²) in [6.07, 6.45) is 1.11. The quantitative estimate of drug-likeness (QED) is 0.345. The lowest BCUT2D eigenvalue weighted by molar-refractivity contribution is -0.179. The van der Waals surface area contributed by atoms with Crippen LogP contribution in [0.1, 0.15) is 60.0 Å². The number of hydrogen-bond donors (Lipinski definition) is 6. The topological polar surface area (TPSA) is 178 Å². The maximum Gasteiger partial charge on any atom is 0.230 e. The van der Waals surface area contributed by atoms with Crippen molar-refractivity contribution in [2.24, 2.45) is 23.5 Å². The molecule has 1 aromatic rings. The van der Waals surface area contributed by atoms with E-state index in [0.717, 1.165) is 24.8 Å². The van der Waals surface area contributed by atoms with Crippen molar-refractivity contribution in [3.8, 4) is 5.75 Å². The van der Waals surface area contributed by atoms with Gasteiger partial charge in [-0.25, -0.2) is 0 Å². The Balaban J connectivity index is 1.71. The number of carbonyl (C=O) groups is 3. The van der Waals surface area contributed by atoms with Crippen LogP contribution in [-0.2, 0) is 9.59 Å². The van der Waals surface area contributed by atoms with Crippen molar-refractivity contribution < 1.29 is 39.9 Å². The second-order valence-corrected chi connectivity index (χ2v) is 9.86. The van der Waals surface area contributed by atoms with E-state index in [4.69, 9.17) is 5.73 Å². The van der Waals surface area contributed by atoms with E-state index in [-0.39, 0.29) is 23.3 Å². The molecule has 0 aliphatic heterocycles. The number of hydrogen-bond acceptors (Lipinski definition) is 8. The first kappa shape index (κ1) is 22.8. The Morgan fingerprint density at radius 3 is 2.50 bits per heavy atom. The summed E-state index contributed by atoms with van der Waals surface area (Å²) in [7, 11) is 0. The maximum absolute atomic E-state index is 13.7. The molecule has 0 heterocycles. The number of aliphatic hydroxyl groups excluding tert-OH is 3. The number of phenols is 1. The van der Waals surface area contributed by atoms with Crippen molar-refractivity contribution >= 4 is 23.0 Å². The molecule has 5 rings (SSSR count). The molecule has 4 aliphatic carbocycles. The van der Waals surface area contributed by atoms with Crippen LogP contribution in [0.3, 0.4) is 0 Å². The number of aliphatic hydroxyl groups is 4. The monoisotopic (exact) mass is 469 g/mol. The van der Waals surface area contributed by atoms with Gasteiger partial charge in [0.15, 0.2) is 17.2 Å². The number of rotatable bonds is 2. The van der Waals surface area contributed by atoms with Gasteiger partial charge in [0, 0.05) is 23.0 Å². The molecule has 0 spiro atoms. The Morgan fingerprint density at radius 1 is 1.18 bits per heavy atom. The fraction of sp³-hybridized carbons (Fsp3) is 0.480. The van der Waals surface area contributed by atoms with Gasteiger partial charge in [-0.1, -0.05) is 25.1 Å². The molecule has 0 radical (unpaired) electrons. The number of amides is 1. The van der Waals surface area contributed by atoms with Gasteiger partial charge in [0.25, 0.3) is 0 Å². The Labute approximate surface area is 195 Å².